The number of fused-ring (bicyclic) bond motifs is 1. The van der Waals surface area contributed by atoms with Gasteiger partial charge in [0.15, 0.2) is 6.23 Å². The number of likely N-dealkylation sites (tertiary alicyclic amines) is 1. The zero-order chi connectivity index (χ0) is 10.3. The highest BCUT2D eigenvalue weighted by Gasteiger charge is 2.49. The molecule has 0 N–H and O–H groups in total. The van der Waals surface area contributed by atoms with Gasteiger partial charge in [-0.2, -0.15) is 0 Å². The van der Waals surface area contributed by atoms with Crippen molar-refractivity contribution in [3.8, 4) is 0 Å². The van der Waals surface area contributed by atoms with Gasteiger partial charge in [0.25, 0.3) is 0 Å². The molecule has 2 unspecified atom stereocenters. The van der Waals surface area contributed by atoms with Crippen molar-refractivity contribution in [2.75, 3.05) is 6.54 Å². The SMILES string of the molecule is CC(C)(C)OC(=O)N1CCCC2OC21. The normalized spacial score (nSPS) is 30.9. The van der Waals surface area contributed by atoms with E-state index < -0.39 is 5.60 Å². The smallest absolute Gasteiger partial charge is 0.412 e. The van der Waals surface area contributed by atoms with Gasteiger partial charge in [-0.1, -0.05) is 0 Å². The van der Waals surface area contributed by atoms with Gasteiger partial charge >= 0.3 is 6.09 Å². The van der Waals surface area contributed by atoms with Crippen molar-refractivity contribution in [3.63, 3.8) is 0 Å². The minimum absolute atomic E-state index is 0.00130. The molecule has 0 spiro atoms. The lowest BCUT2D eigenvalue weighted by atomic mass is 10.1. The van der Waals surface area contributed by atoms with Crippen molar-refractivity contribution in [2.45, 2.75) is 51.5 Å². The molecule has 0 bridgehead atoms. The van der Waals surface area contributed by atoms with Gasteiger partial charge in [-0.25, -0.2) is 4.79 Å². The molecule has 1 amide bonds. The molecular formula is C10H17NO3. The standard InChI is InChI=1S/C10H17NO3/c1-10(2,3)14-9(12)11-6-4-5-7-8(11)13-7/h7-8H,4-6H2,1-3H3. The second-order valence-electron chi connectivity index (χ2n) is 4.88. The molecule has 14 heavy (non-hydrogen) atoms. The second kappa shape index (κ2) is 3.12. The van der Waals surface area contributed by atoms with Crippen LogP contribution >= 0.6 is 0 Å². The predicted molar refractivity (Wildman–Crippen MR) is 50.8 cm³/mol. The molecule has 2 aliphatic rings. The fraction of sp³-hybridized carbons (Fsp3) is 0.900. The number of epoxide rings is 1. The molecule has 2 atom stereocenters. The molecule has 4 heteroatoms. The topological polar surface area (TPSA) is 42.1 Å². The van der Waals surface area contributed by atoms with E-state index in [0.29, 0.717) is 0 Å². The van der Waals surface area contributed by atoms with Crippen LogP contribution in [0.2, 0.25) is 0 Å². The molecule has 0 aromatic carbocycles. The minimum Gasteiger partial charge on any atom is -0.444 e. The third-order valence-electron chi connectivity index (χ3n) is 2.38. The summed E-state index contributed by atoms with van der Waals surface area (Å²) in [4.78, 5) is 13.4. The zero-order valence-electron chi connectivity index (χ0n) is 8.95. The summed E-state index contributed by atoms with van der Waals surface area (Å²) in [5.41, 5.74) is -0.418. The average Bonchev–Trinajstić information content (AvgIpc) is 2.77. The van der Waals surface area contributed by atoms with Gasteiger partial charge in [0, 0.05) is 6.54 Å². The van der Waals surface area contributed by atoms with E-state index in [2.05, 4.69) is 0 Å². The molecule has 0 aromatic rings. The van der Waals surface area contributed by atoms with Crippen LogP contribution in [0.15, 0.2) is 0 Å². The van der Waals surface area contributed by atoms with Crippen LogP contribution in [-0.4, -0.2) is 35.5 Å². The quantitative estimate of drug-likeness (QED) is 0.558. The fourth-order valence-corrected chi connectivity index (χ4v) is 1.72. The number of piperidine rings is 1. The molecule has 0 aromatic heterocycles. The molecule has 0 radical (unpaired) electrons. The van der Waals surface area contributed by atoms with Crippen molar-refractivity contribution in [1.82, 2.24) is 4.90 Å². The van der Waals surface area contributed by atoms with Gasteiger partial charge < -0.3 is 9.47 Å². The summed E-state index contributed by atoms with van der Waals surface area (Å²) in [6.07, 6.45) is 2.12. The molecule has 0 aliphatic carbocycles. The van der Waals surface area contributed by atoms with Crippen molar-refractivity contribution >= 4 is 6.09 Å². The lowest BCUT2D eigenvalue weighted by Crippen LogP contribution is -2.41. The first-order chi connectivity index (χ1) is 6.47. The van der Waals surface area contributed by atoms with E-state index in [0.717, 1.165) is 19.4 Å². The van der Waals surface area contributed by atoms with Crippen molar-refractivity contribution in [2.24, 2.45) is 0 Å². The van der Waals surface area contributed by atoms with Crippen molar-refractivity contribution in [1.29, 1.82) is 0 Å². The second-order valence-corrected chi connectivity index (χ2v) is 4.88. The van der Waals surface area contributed by atoms with E-state index in [1.165, 1.54) is 0 Å². The molecule has 4 nitrogen and oxygen atoms in total. The number of hydrogen-bond acceptors (Lipinski definition) is 3. The third-order valence-corrected chi connectivity index (χ3v) is 2.38. The molecule has 2 heterocycles. The van der Waals surface area contributed by atoms with Gasteiger partial charge in [0.05, 0.1) is 0 Å². The van der Waals surface area contributed by atoms with Gasteiger partial charge in [0.1, 0.15) is 11.7 Å². The van der Waals surface area contributed by atoms with Gasteiger partial charge in [0.2, 0.25) is 0 Å². The van der Waals surface area contributed by atoms with Crippen LogP contribution < -0.4 is 0 Å². The summed E-state index contributed by atoms with van der Waals surface area (Å²) in [5, 5.41) is 0. The van der Waals surface area contributed by atoms with Crippen LogP contribution in [0, 0.1) is 0 Å². The average molecular weight is 199 g/mol. The third kappa shape index (κ3) is 2.00. The maximum Gasteiger partial charge on any atom is 0.412 e. The maximum atomic E-state index is 11.7. The molecule has 2 saturated heterocycles. The van der Waals surface area contributed by atoms with Crippen LogP contribution in [0.4, 0.5) is 4.79 Å². The summed E-state index contributed by atoms with van der Waals surface area (Å²) in [6.45, 7) is 6.39. The van der Waals surface area contributed by atoms with E-state index >= 15 is 0 Å². The van der Waals surface area contributed by atoms with Crippen molar-refractivity contribution in [3.05, 3.63) is 0 Å². The first-order valence-electron chi connectivity index (χ1n) is 5.12. The highest BCUT2D eigenvalue weighted by atomic mass is 16.6. The number of carbonyl (C=O) groups is 1. The molecule has 2 rings (SSSR count). The van der Waals surface area contributed by atoms with E-state index in [-0.39, 0.29) is 18.4 Å². The van der Waals surface area contributed by atoms with Crippen LogP contribution in [0.5, 0.6) is 0 Å². The Morgan fingerprint density at radius 1 is 1.50 bits per heavy atom. The first kappa shape index (κ1) is 9.77. The monoisotopic (exact) mass is 199 g/mol. The Bertz CT molecular complexity index is 246. The van der Waals surface area contributed by atoms with E-state index in [1.807, 2.05) is 20.8 Å². The number of amides is 1. The summed E-state index contributed by atoms with van der Waals surface area (Å²) < 4.78 is 10.6. The summed E-state index contributed by atoms with van der Waals surface area (Å²) >= 11 is 0. The predicted octanol–water partition coefficient (Wildman–Crippen LogP) is 1.74. The van der Waals surface area contributed by atoms with Gasteiger partial charge in [-0.3, -0.25) is 4.90 Å². The van der Waals surface area contributed by atoms with E-state index in [9.17, 15) is 4.79 Å². The van der Waals surface area contributed by atoms with Crippen LogP contribution in [0.25, 0.3) is 0 Å². The summed E-state index contributed by atoms with van der Waals surface area (Å²) in [5.74, 6) is 0. The Morgan fingerprint density at radius 2 is 2.21 bits per heavy atom. The van der Waals surface area contributed by atoms with Gasteiger partial charge in [-0.15, -0.1) is 0 Å². The molecule has 2 aliphatic heterocycles. The molecule has 2 fully saturated rings. The number of hydrogen-bond donors (Lipinski definition) is 0. The minimum atomic E-state index is -0.418. The largest absolute Gasteiger partial charge is 0.444 e. The maximum absolute atomic E-state index is 11.7. The van der Waals surface area contributed by atoms with Crippen LogP contribution in [0.3, 0.4) is 0 Å². The number of rotatable bonds is 0. The summed E-state index contributed by atoms with van der Waals surface area (Å²) in [7, 11) is 0. The Balaban J connectivity index is 1.91. The highest BCUT2D eigenvalue weighted by Crippen LogP contribution is 2.35. The van der Waals surface area contributed by atoms with Crippen molar-refractivity contribution < 1.29 is 14.3 Å². The number of carbonyl (C=O) groups excluding carboxylic acids is 1. The van der Waals surface area contributed by atoms with E-state index in [1.54, 1.807) is 4.90 Å². The van der Waals surface area contributed by atoms with Crippen LogP contribution in [-0.2, 0) is 9.47 Å². The highest BCUT2D eigenvalue weighted by molar-refractivity contribution is 5.69. The lowest BCUT2D eigenvalue weighted by molar-refractivity contribution is 0.0149. The fourth-order valence-electron chi connectivity index (χ4n) is 1.72. The number of nitrogens with zero attached hydrogens (tertiary/aromatic N) is 1. The molecular weight excluding hydrogens is 182 g/mol. The molecule has 80 valence electrons. The zero-order valence-corrected chi connectivity index (χ0v) is 8.95. The first-order valence-corrected chi connectivity index (χ1v) is 5.12. The van der Waals surface area contributed by atoms with Crippen LogP contribution in [0.1, 0.15) is 33.6 Å². The molecule has 0 saturated carbocycles. The van der Waals surface area contributed by atoms with E-state index in [4.69, 9.17) is 9.47 Å². The Hall–Kier alpha value is -0.770. The van der Waals surface area contributed by atoms with Gasteiger partial charge in [-0.05, 0) is 33.6 Å². The lowest BCUT2D eigenvalue weighted by Gasteiger charge is -2.27. The Labute approximate surface area is 84.2 Å². The number of ether oxygens (including phenoxy) is 2. The summed E-state index contributed by atoms with van der Waals surface area (Å²) in [6, 6.07) is 0. The Kier molecular flexibility index (Phi) is 2.18. The Morgan fingerprint density at radius 3 is 2.86 bits per heavy atom.